The fraction of sp³-hybridized carbons (Fsp3) is 0.154. The van der Waals surface area contributed by atoms with Crippen LogP contribution in [0, 0.1) is 17.5 Å². The minimum Gasteiger partial charge on any atom is -0.385 e. The summed E-state index contributed by atoms with van der Waals surface area (Å²) in [6.45, 7) is 0.482. The van der Waals surface area contributed by atoms with E-state index in [1.54, 1.807) is 12.4 Å². The summed E-state index contributed by atoms with van der Waals surface area (Å²) >= 11 is 0. The Kier molecular flexibility index (Phi) is 3.82. The van der Waals surface area contributed by atoms with Crippen molar-refractivity contribution in [3.05, 3.63) is 59.7 Å². The maximum absolute atomic E-state index is 12.9. The number of anilines is 1. The van der Waals surface area contributed by atoms with Crippen LogP contribution in [0.3, 0.4) is 0 Å². The van der Waals surface area contributed by atoms with Crippen molar-refractivity contribution in [1.82, 2.24) is 4.98 Å². The molecule has 0 unspecified atom stereocenters. The van der Waals surface area contributed by atoms with Crippen molar-refractivity contribution in [2.45, 2.75) is 6.42 Å². The molecule has 0 aliphatic heterocycles. The molecule has 94 valence electrons. The number of hydrogen-bond acceptors (Lipinski definition) is 2. The Labute approximate surface area is 102 Å². The second-order valence-electron chi connectivity index (χ2n) is 3.79. The van der Waals surface area contributed by atoms with Gasteiger partial charge >= 0.3 is 0 Å². The monoisotopic (exact) mass is 252 g/mol. The zero-order chi connectivity index (χ0) is 13.0. The molecule has 1 aromatic heterocycles. The highest BCUT2D eigenvalue weighted by Gasteiger charge is 2.09. The number of rotatable bonds is 4. The standard InChI is InChI=1S/C13H11F3N2/c14-11-6-10(7-12(15)13(11)16)18-5-3-9-2-1-4-17-8-9/h1-2,4,6-8,18H,3,5H2. The van der Waals surface area contributed by atoms with Crippen LogP contribution in [0.5, 0.6) is 0 Å². The van der Waals surface area contributed by atoms with Gasteiger partial charge in [-0.1, -0.05) is 6.07 Å². The molecule has 1 heterocycles. The molecule has 1 aromatic carbocycles. The molecule has 0 bridgehead atoms. The molecule has 0 aliphatic rings. The molecular formula is C13H11F3N2. The fourth-order valence-corrected chi connectivity index (χ4v) is 1.55. The van der Waals surface area contributed by atoms with Gasteiger partial charge in [0.15, 0.2) is 17.5 Å². The smallest absolute Gasteiger partial charge is 0.194 e. The van der Waals surface area contributed by atoms with Gasteiger partial charge in [0.1, 0.15) is 0 Å². The average Bonchev–Trinajstić information content (AvgIpc) is 2.37. The first kappa shape index (κ1) is 12.4. The van der Waals surface area contributed by atoms with Crippen LogP contribution in [0.1, 0.15) is 5.56 Å². The van der Waals surface area contributed by atoms with Gasteiger partial charge < -0.3 is 5.32 Å². The Morgan fingerprint density at radius 2 is 1.83 bits per heavy atom. The highest BCUT2D eigenvalue weighted by molar-refractivity contribution is 5.44. The third-order valence-electron chi connectivity index (χ3n) is 2.45. The minimum absolute atomic E-state index is 0.218. The first-order chi connectivity index (χ1) is 8.66. The zero-order valence-corrected chi connectivity index (χ0v) is 9.46. The van der Waals surface area contributed by atoms with Gasteiger partial charge in [-0.3, -0.25) is 4.98 Å². The second-order valence-corrected chi connectivity index (χ2v) is 3.79. The molecule has 2 aromatic rings. The second kappa shape index (κ2) is 5.53. The number of hydrogen-bond donors (Lipinski definition) is 1. The predicted molar refractivity (Wildman–Crippen MR) is 62.7 cm³/mol. The topological polar surface area (TPSA) is 24.9 Å². The van der Waals surface area contributed by atoms with Gasteiger partial charge in [-0.15, -0.1) is 0 Å². The molecule has 0 saturated carbocycles. The molecule has 2 rings (SSSR count). The molecule has 2 nitrogen and oxygen atoms in total. The van der Waals surface area contributed by atoms with Gasteiger partial charge in [0, 0.05) is 36.8 Å². The summed E-state index contributed by atoms with van der Waals surface area (Å²) in [5.41, 5.74) is 1.23. The highest BCUT2D eigenvalue weighted by atomic mass is 19.2. The first-order valence-electron chi connectivity index (χ1n) is 5.44. The quantitative estimate of drug-likeness (QED) is 0.845. The lowest BCUT2D eigenvalue weighted by Crippen LogP contribution is -2.06. The lowest BCUT2D eigenvalue weighted by Gasteiger charge is -2.07. The molecule has 18 heavy (non-hydrogen) atoms. The van der Waals surface area contributed by atoms with Gasteiger partial charge in [0.25, 0.3) is 0 Å². The number of aromatic nitrogens is 1. The number of halogens is 3. The van der Waals surface area contributed by atoms with Crippen LogP contribution in [0.2, 0.25) is 0 Å². The summed E-state index contributed by atoms with van der Waals surface area (Å²) in [5, 5.41) is 2.83. The van der Waals surface area contributed by atoms with Crippen LogP contribution >= 0.6 is 0 Å². The summed E-state index contributed by atoms with van der Waals surface area (Å²) in [5.74, 6) is -3.84. The van der Waals surface area contributed by atoms with Crippen LogP contribution < -0.4 is 5.32 Å². The van der Waals surface area contributed by atoms with E-state index in [9.17, 15) is 13.2 Å². The van der Waals surface area contributed by atoms with E-state index in [4.69, 9.17) is 0 Å². The molecule has 0 fully saturated rings. The van der Waals surface area contributed by atoms with Crippen LogP contribution in [-0.2, 0) is 6.42 Å². The van der Waals surface area contributed by atoms with Crippen molar-refractivity contribution < 1.29 is 13.2 Å². The third kappa shape index (κ3) is 3.00. The summed E-state index contributed by atoms with van der Waals surface area (Å²) in [6.07, 6.45) is 4.05. The van der Waals surface area contributed by atoms with E-state index in [1.165, 1.54) is 0 Å². The van der Waals surface area contributed by atoms with Crippen molar-refractivity contribution in [3.63, 3.8) is 0 Å². The van der Waals surface area contributed by atoms with Gasteiger partial charge in [-0.2, -0.15) is 0 Å². The van der Waals surface area contributed by atoms with E-state index >= 15 is 0 Å². The number of nitrogens with zero attached hydrogens (tertiary/aromatic N) is 1. The van der Waals surface area contributed by atoms with Crippen LogP contribution in [0.4, 0.5) is 18.9 Å². The molecule has 5 heteroatoms. The molecule has 0 amide bonds. The molecule has 0 aliphatic carbocycles. The normalized spacial score (nSPS) is 10.4. The average molecular weight is 252 g/mol. The van der Waals surface area contributed by atoms with Gasteiger partial charge in [0.05, 0.1) is 0 Å². The molecule has 0 spiro atoms. The first-order valence-corrected chi connectivity index (χ1v) is 5.44. The van der Waals surface area contributed by atoms with Gasteiger partial charge in [-0.25, -0.2) is 13.2 Å². The van der Waals surface area contributed by atoms with Crippen LogP contribution in [0.15, 0.2) is 36.7 Å². The zero-order valence-electron chi connectivity index (χ0n) is 9.46. The van der Waals surface area contributed by atoms with E-state index < -0.39 is 17.5 Å². The lowest BCUT2D eigenvalue weighted by atomic mass is 10.2. The predicted octanol–water partition coefficient (Wildman–Crippen LogP) is 3.15. The summed E-state index contributed by atoms with van der Waals surface area (Å²) < 4.78 is 38.6. The van der Waals surface area contributed by atoms with Crippen molar-refractivity contribution in [1.29, 1.82) is 0 Å². The van der Waals surface area contributed by atoms with Crippen molar-refractivity contribution >= 4 is 5.69 Å². The summed E-state index contributed by atoms with van der Waals surface area (Å²) in [4.78, 5) is 3.95. The number of benzene rings is 1. The van der Waals surface area contributed by atoms with Crippen LogP contribution in [-0.4, -0.2) is 11.5 Å². The lowest BCUT2D eigenvalue weighted by molar-refractivity contribution is 0.447. The SMILES string of the molecule is Fc1cc(NCCc2cccnc2)cc(F)c1F. The maximum atomic E-state index is 12.9. The fourth-order valence-electron chi connectivity index (χ4n) is 1.55. The summed E-state index contributed by atoms with van der Waals surface area (Å²) in [7, 11) is 0. The Morgan fingerprint density at radius 3 is 2.44 bits per heavy atom. The summed E-state index contributed by atoms with van der Waals surface area (Å²) in [6, 6.07) is 5.58. The van der Waals surface area contributed by atoms with Crippen molar-refractivity contribution in [2.75, 3.05) is 11.9 Å². The Hall–Kier alpha value is -2.04. The third-order valence-corrected chi connectivity index (χ3v) is 2.45. The van der Waals surface area contributed by atoms with E-state index in [2.05, 4.69) is 10.3 Å². The molecule has 0 saturated heterocycles. The molecule has 1 N–H and O–H groups in total. The largest absolute Gasteiger partial charge is 0.385 e. The number of pyridine rings is 1. The van der Waals surface area contributed by atoms with E-state index in [0.717, 1.165) is 17.7 Å². The highest BCUT2D eigenvalue weighted by Crippen LogP contribution is 2.17. The maximum Gasteiger partial charge on any atom is 0.194 e. The Morgan fingerprint density at radius 1 is 1.11 bits per heavy atom. The molecule has 0 radical (unpaired) electrons. The number of nitrogens with one attached hydrogen (secondary N) is 1. The van der Waals surface area contributed by atoms with E-state index in [1.807, 2.05) is 12.1 Å². The molecule has 0 atom stereocenters. The Balaban J connectivity index is 1.95. The Bertz CT molecular complexity index is 506. The van der Waals surface area contributed by atoms with E-state index in [-0.39, 0.29) is 5.69 Å². The molecular weight excluding hydrogens is 241 g/mol. The van der Waals surface area contributed by atoms with Crippen molar-refractivity contribution in [2.24, 2.45) is 0 Å². The minimum atomic E-state index is -1.45. The van der Waals surface area contributed by atoms with Gasteiger partial charge in [0.2, 0.25) is 0 Å². The van der Waals surface area contributed by atoms with Crippen molar-refractivity contribution in [3.8, 4) is 0 Å². The van der Waals surface area contributed by atoms with Gasteiger partial charge in [-0.05, 0) is 18.1 Å². The van der Waals surface area contributed by atoms with Crippen LogP contribution in [0.25, 0.3) is 0 Å². The van der Waals surface area contributed by atoms with E-state index in [0.29, 0.717) is 13.0 Å².